The van der Waals surface area contributed by atoms with E-state index >= 15 is 0 Å². The van der Waals surface area contributed by atoms with Crippen LogP contribution < -0.4 is 4.90 Å². The monoisotopic (exact) mass is 289 g/mol. The summed E-state index contributed by atoms with van der Waals surface area (Å²) < 4.78 is 0. The molecular formula is C18H27NO2. The summed E-state index contributed by atoms with van der Waals surface area (Å²) in [5.41, 5.74) is 2.75. The van der Waals surface area contributed by atoms with Gasteiger partial charge in [0.15, 0.2) is 0 Å². The molecule has 116 valence electrons. The lowest BCUT2D eigenvalue weighted by Crippen LogP contribution is -2.42. The van der Waals surface area contributed by atoms with Gasteiger partial charge in [-0.05, 0) is 43.7 Å². The highest BCUT2D eigenvalue weighted by Gasteiger charge is 2.31. The highest BCUT2D eigenvalue weighted by molar-refractivity contribution is 5.67. The lowest BCUT2D eigenvalue weighted by molar-refractivity contribution is -0.136. The van der Waals surface area contributed by atoms with Crippen molar-refractivity contribution in [1.29, 1.82) is 0 Å². The molecule has 0 aliphatic heterocycles. The van der Waals surface area contributed by atoms with E-state index < -0.39 is 5.97 Å². The van der Waals surface area contributed by atoms with E-state index in [2.05, 4.69) is 49.9 Å². The summed E-state index contributed by atoms with van der Waals surface area (Å²) in [6.45, 7) is 7.32. The molecule has 0 amide bonds. The van der Waals surface area contributed by atoms with Crippen molar-refractivity contribution in [3.63, 3.8) is 0 Å². The summed E-state index contributed by atoms with van der Waals surface area (Å²) in [6.07, 6.45) is 5.00. The van der Waals surface area contributed by atoms with E-state index in [1.54, 1.807) is 0 Å². The van der Waals surface area contributed by atoms with E-state index in [1.807, 2.05) is 0 Å². The summed E-state index contributed by atoms with van der Waals surface area (Å²) in [7, 11) is 0. The topological polar surface area (TPSA) is 40.5 Å². The maximum Gasteiger partial charge on any atom is 0.305 e. The van der Waals surface area contributed by atoms with Crippen LogP contribution in [0.2, 0.25) is 0 Å². The average molecular weight is 289 g/mol. The van der Waals surface area contributed by atoms with Crippen molar-refractivity contribution in [3.8, 4) is 0 Å². The Labute approximate surface area is 128 Å². The third-order valence-electron chi connectivity index (χ3n) is 4.55. The Morgan fingerprint density at radius 2 is 2.00 bits per heavy atom. The first-order valence-electron chi connectivity index (χ1n) is 7.92. The molecule has 1 saturated carbocycles. The van der Waals surface area contributed by atoms with Crippen LogP contribution in [0.25, 0.3) is 0 Å². The number of hydrogen-bond donors (Lipinski definition) is 1. The fraction of sp³-hybridized carbons (Fsp3) is 0.611. The average Bonchev–Trinajstić information content (AvgIpc) is 2.39. The van der Waals surface area contributed by atoms with Gasteiger partial charge in [0.2, 0.25) is 0 Å². The van der Waals surface area contributed by atoms with Gasteiger partial charge < -0.3 is 10.0 Å². The quantitative estimate of drug-likeness (QED) is 0.881. The molecule has 3 heteroatoms. The molecule has 1 fully saturated rings. The predicted molar refractivity (Wildman–Crippen MR) is 86.8 cm³/mol. The fourth-order valence-corrected chi connectivity index (χ4v) is 3.40. The predicted octanol–water partition coefficient (Wildman–Crippen LogP) is 4.24. The van der Waals surface area contributed by atoms with Crippen molar-refractivity contribution < 1.29 is 9.90 Å². The number of hydrogen-bond acceptors (Lipinski definition) is 2. The van der Waals surface area contributed by atoms with Gasteiger partial charge in [-0.15, -0.1) is 0 Å². The molecule has 0 heterocycles. The van der Waals surface area contributed by atoms with Gasteiger partial charge in [0, 0.05) is 18.3 Å². The molecule has 1 aliphatic carbocycles. The maximum atomic E-state index is 11.0. The van der Waals surface area contributed by atoms with Crippen molar-refractivity contribution >= 4 is 11.7 Å². The van der Waals surface area contributed by atoms with E-state index in [-0.39, 0.29) is 6.42 Å². The Kier molecular flexibility index (Phi) is 4.92. The Morgan fingerprint density at radius 1 is 1.33 bits per heavy atom. The van der Waals surface area contributed by atoms with Crippen molar-refractivity contribution in [3.05, 3.63) is 29.8 Å². The van der Waals surface area contributed by atoms with Gasteiger partial charge in [0.1, 0.15) is 0 Å². The van der Waals surface area contributed by atoms with Gasteiger partial charge in [-0.25, -0.2) is 0 Å². The Bertz CT molecular complexity index is 478. The molecule has 3 nitrogen and oxygen atoms in total. The van der Waals surface area contributed by atoms with Gasteiger partial charge >= 0.3 is 5.97 Å². The minimum absolute atomic E-state index is 0.199. The maximum absolute atomic E-state index is 11.0. The summed E-state index contributed by atoms with van der Waals surface area (Å²) in [6, 6.07) is 8.92. The highest BCUT2D eigenvalue weighted by atomic mass is 16.4. The SMILES string of the molecule is Cc1ccc(N(CCC(=O)O)C2CCCC(C)(C)C2)cc1. The van der Waals surface area contributed by atoms with Crippen LogP contribution in [-0.2, 0) is 4.79 Å². The zero-order chi connectivity index (χ0) is 15.5. The first kappa shape index (κ1) is 15.9. The normalized spacial score (nSPS) is 21.0. The summed E-state index contributed by atoms with van der Waals surface area (Å²) in [5.74, 6) is -0.720. The zero-order valence-electron chi connectivity index (χ0n) is 13.4. The Balaban J connectivity index is 2.18. The van der Waals surface area contributed by atoms with Gasteiger partial charge in [-0.1, -0.05) is 38.0 Å². The largest absolute Gasteiger partial charge is 0.481 e. The molecule has 0 aromatic heterocycles. The van der Waals surface area contributed by atoms with Crippen LogP contribution in [0.15, 0.2) is 24.3 Å². The molecule has 2 rings (SSSR count). The molecule has 1 N–H and O–H groups in total. The first-order valence-corrected chi connectivity index (χ1v) is 7.92. The van der Waals surface area contributed by atoms with Crippen LogP contribution in [0.3, 0.4) is 0 Å². The number of nitrogens with zero attached hydrogens (tertiary/aromatic N) is 1. The first-order chi connectivity index (χ1) is 9.87. The van der Waals surface area contributed by atoms with Crippen molar-refractivity contribution in [1.82, 2.24) is 0 Å². The minimum atomic E-state index is -0.720. The van der Waals surface area contributed by atoms with Crippen LogP contribution in [0.1, 0.15) is 51.5 Å². The number of benzene rings is 1. The van der Waals surface area contributed by atoms with Crippen LogP contribution in [0, 0.1) is 12.3 Å². The second-order valence-electron chi connectivity index (χ2n) is 7.09. The van der Waals surface area contributed by atoms with Crippen LogP contribution >= 0.6 is 0 Å². The summed E-state index contributed by atoms with van der Waals surface area (Å²) >= 11 is 0. The molecular weight excluding hydrogens is 262 g/mol. The minimum Gasteiger partial charge on any atom is -0.481 e. The Hall–Kier alpha value is -1.51. The zero-order valence-corrected chi connectivity index (χ0v) is 13.4. The van der Waals surface area contributed by atoms with Gasteiger partial charge in [-0.3, -0.25) is 4.79 Å². The number of rotatable bonds is 5. The molecule has 1 aliphatic rings. The smallest absolute Gasteiger partial charge is 0.305 e. The van der Waals surface area contributed by atoms with E-state index in [1.165, 1.54) is 18.4 Å². The van der Waals surface area contributed by atoms with Crippen molar-refractivity contribution in [2.45, 2.75) is 58.9 Å². The molecule has 0 saturated heterocycles. The fourth-order valence-electron chi connectivity index (χ4n) is 3.40. The van der Waals surface area contributed by atoms with E-state index in [0.717, 1.165) is 18.5 Å². The second-order valence-corrected chi connectivity index (χ2v) is 7.09. The summed E-state index contributed by atoms with van der Waals surface area (Å²) in [4.78, 5) is 13.3. The van der Waals surface area contributed by atoms with Crippen LogP contribution in [0.5, 0.6) is 0 Å². The van der Waals surface area contributed by atoms with Crippen LogP contribution in [-0.4, -0.2) is 23.7 Å². The van der Waals surface area contributed by atoms with E-state index in [9.17, 15) is 4.79 Å². The molecule has 1 atom stereocenters. The number of anilines is 1. The van der Waals surface area contributed by atoms with Gasteiger partial charge in [-0.2, -0.15) is 0 Å². The van der Waals surface area contributed by atoms with Gasteiger partial charge in [0.05, 0.1) is 6.42 Å². The van der Waals surface area contributed by atoms with E-state index in [0.29, 0.717) is 18.0 Å². The molecule has 1 unspecified atom stereocenters. The molecule has 0 bridgehead atoms. The molecule has 1 aromatic carbocycles. The third kappa shape index (κ3) is 4.48. The molecule has 0 spiro atoms. The second kappa shape index (κ2) is 6.50. The van der Waals surface area contributed by atoms with E-state index in [4.69, 9.17) is 5.11 Å². The number of carboxylic acids is 1. The number of aryl methyl sites for hydroxylation is 1. The number of aliphatic carboxylic acids is 1. The van der Waals surface area contributed by atoms with Crippen molar-refractivity contribution in [2.75, 3.05) is 11.4 Å². The highest BCUT2D eigenvalue weighted by Crippen LogP contribution is 2.38. The lowest BCUT2D eigenvalue weighted by Gasteiger charge is -2.42. The summed E-state index contributed by atoms with van der Waals surface area (Å²) in [5, 5.41) is 9.03. The standard InChI is InChI=1S/C18H27NO2/c1-14-6-8-15(9-7-14)19(12-10-17(20)21)16-5-4-11-18(2,3)13-16/h6-9,16H,4-5,10-13H2,1-3H3,(H,20,21). The van der Waals surface area contributed by atoms with Crippen LogP contribution in [0.4, 0.5) is 5.69 Å². The number of carboxylic acid groups (broad SMARTS) is 1. The Morgan fingerprint density at radius 3 is 2.57 bits per heavy atom. The molecule has 1 aromatic rings. The lowest BCUT2D eigenvalue weighted by atomic mass is 9.74. The number of carbonyl (C=O) groups is 1. The van der Waals surface area contributed by atoms with Crippen molar-refractivity contribution in [2.24, 2.45) is 5.41 Å². The van der Waals surface area contributed by atoms with Gasteiger partial charge in [0.25, 0.3) is 0 Å². The molecule has 21 heavy (non-hydrogen) atoms. The molecule has 0 radical (unpaired) electrons. The third-order valence-corrected chi connectivity index (χ3v) is 4.55.